The molecule has 3 heteroatoms. The minimum Gasteiger partial charge on any atom is -0.324 e. The zero-order valence-corrected chi connectivity index (χ0v) is 10.2. The van der Waals surface area contributed by atoms with Crippen LogP contribution in [0.5, 0.6) is 0 Å². The number of hydrogen-bond donors (Lipinski definition) is 1. The molecular weight excluding hydrogens is 296 g/mol. The van der Waals surface area contributed by atoms with Crippen molar-refractivity contribution >= 4 is 35.0 Å². The fraction of sp³-hybridized carbons (Fsp3) is 0.400. The molecule has 1 aromatic rings. The van der Waals surface area contributed by atoms with Crippen LogP contribution in [0.2, 0.25) is 0 Å². The Kier molecular flexibility index (Phi) is 4.01. The van der Waals surface area contributed by atoms with E-state index < -0.39 is 0 Å². The Balaban J connectivity index is 0.000000845. The average Bonchev–Trinajstić information content (AvgIpc) is 2.85. The van der Waals surface area contributed by atoms with Gasteiger partial charge >= 0.3 is 0 Å². The summed E-state index contributed by atoms with van der Waals surface area (Å²) in [6.45, 7) is 0. The Bertz CT molecular complexity index is 286. The summed E-state index contributed by atoms with van der Waals surface area (Å²) >= 11 is 2.33. The zero-order valence-electron chi connectivity index (χ0n) is 7.24. The van der Waals surface area contributed by atoms with Gasteiger partial charge in [-0.3, -0.25) is 0 Å². The average molecular weight is 310 g/mol. The maximum Gasteiger partial charge on any atom is 0.0323 e. The smallest absolute Gasteiger partial charge is 0.0323 e. The molecule has 1 aliphatic rings. The van der Waals surface area contributed by atoms with E-state index in [-0.39, 0.29) is 18.4 Å². The van der Waals surface area contributed by atoms with Crippen molar-refractivity contribution in [3.8, 4) is 0 Å². The van der Waals surface area contributed by atoms with Crippen LogP contribution in [-0.2, 0) is 0 Å². The fourth-order valence-corrected chi connectivity index (χ4v) is 2.01. The summed E-state index contributed by atoms with van der Waals surface area (Å²) in [7, 11) is 0. The molecule has 2 rings (SSSR count). The number of hydrogen-bond acceptors (Lipinski definition) is 1. The molecule has 0 amide bonds. The van der Waals surface area contributed by atoms with Crippen LogP contribution in [0.15, 0.2) is 24.3 Å². The van der Waals surface area contributed by atoms with E-state index in [1.807, 2.05) is 0 Å². The first-order valence-corrected chi connectivity index (χ1v) is 5.36. The summed E-state index contributed by atoms with van der Waals surface area (Å²) in [5.74, 6) is 0.753. The number of nitrogens with two attached hydrogens (primary N) is 1. The summed E-state index contributed by atoms with van der Waals surface area (Å²) in [6.07, 6.45) is 2.62. The second kappa shape index (κ2) is 4.62. The lowest BCUT2D eigenvalue weighted by molar-refractivity contribution is 0.633. The van der Waals surface area contributed by atoms with Crippen LogP contribution in [0.3, 0.4) is 0 Å². The highest BCUT2D eigenvalue weighted by Crippen LogP contribution is 2.39. The van der Waals surface area contributed by atoms with E-state index in [1.54, 1.807) is 0 Å². The van der Waals surface area contributed by atoms with Gasteiger partial charge in [0.2, 0.25) is 0 Å². The molecule has 0 aliphatic heterocycles. The zero-order chi connectivity index (χ0) is 8.55. The van der Waals surface area contributed by atoms with Crippen LogP contribution >= 0.6 is 35.0 Å². The van der Waals surface area contributed by atoms with Crippen molar-refractivity contribution in [3.63, 3.8) is 0 Å². The van der Waals surface area contributed by atoms with Gasteiger partial charge in [0.15, 0.2) is 0 Å². The third kappa shape index (κ3) is 2.82. The maximum atomic E-state index is 6.07. The van der Waals surface area contributed by atoms with Gasteiger partial charge in [-0.15, -0.1) is 12.4 Å². The molecular formula is C10H13ClIN. The highest BCUT2D eigenvalue weighted by atomic mass is 127. The normalized spacial score (nSPS) is 17.7. The van der Waals surface area contributed by atoms with Gasteiger partial charge < -0.3 is 5.73 Å². The van der Waals surface area contributed by atoms with Crippen molar-refractivity contribution in [2.75, 3.05) is 0 Å². The van der Waals surface area contributed by atoms with Crippen LogP contribution in [0.4, 0.5) is 0 Å². The summed E-state index contributed by atoms with van der Waals surface area (Å²) in [5.41, 5.74) is 7.36. The Morgan fingerprint density at radius 3 is 2.62 bits per heavy atom. The summed E-state index contributed by atoms with van der Waals surface area (Å²) in [4.78, 5) is 0. The second-order valence-corrected chi connectivity index (χ2v) is 4.66. The van der Waals surface area contributed by atoms with Gasteiger partial charge in [0.1, 0.15) is 0 Å². The van der Waals surface area contributed by atoms with Gasteiger partial charge in [-0.05, 0) is 59.0 Å². The van der Waals surface area contributed by atoms with E-state index >= 15 is 0 Å². The summed E-state index contributed by atoms with van der Waals surface area (Å²) in [5, 5.41) is 0. The van der Waals surface area contributed by atoms with Crippen molar-refractivity contribution in [1.29, 1.82) is 0 Å². The highest BCUT2D eigenvalue weighted by molar-refractivity contribution is 14.1. The predicted octanol–water partition coefficient (Wildman–Crippen LogP) is 3.12. The molecule has 13 heavy (non-hydrogen) atoms. The molecule has 72 valence electrons. The quantitative estimate of drug-likeness (QED) is 0.835. The van der Waals surface area contributed by atoms with Crippen molar-refractivity contribution in [1.82, 2.24) is 0 Å². The Labute approximate surface area is 98.6 Å². The van der Waals surface area contributed by atoms with E-state index in [1.165, 1.54) is 22.0 Å². The van der Waals surface area contributed by atoms with Crippen LogP contribution in [0.25, 0.3) is 0 Å². The molecule has 0 bridgehead atoms. The van der Waals surface area contributed by atoms with E-state index in [0.717, 1.165) is 5.92 Å². The summed E-state index contributed by atoms with van der Waals surface area (Å²) < 4.78 is 1.28. The van der Waals surface area contributed by atoms with Crippen molar-refractivity contribution in [2.45, 2.75) is 18.9 Å². The maximum absolute atomic E-state index is 6.07. The Morgan fingerprint density at radius 1 is 1.38 bits per heavy atom. The number of rotatable bonds is 2. The predicted molar refractivity (Wildman–Crippen MR) is 66.1 cm³/mol. The van der Waals surface area contributed by atoms with Crippen molar-refractivity contribution < 1.29 is 0 Å². The lowest BCUT2D eigenvalue weighted by Crippen LogP contribution is -2.12. The van der Waals surface area contributed by atoms with E-state index in [4.69, 9.17) is 5.73 Å². The van der Waals surface area contributed by atoms with Crippen LogP contribution in [0.1, 0.15) is 24.4 Å². The van der Waals surface area contributed by atoms with Crippen LogP contribution in [0, 0.1) is 9.49 Å². The first-order valence-electron chi connectivity index (χ1n) is 4.28. The van der Waals surface area contributed by atoms with Gasteiger partial charge in [-0.2, -0.15) is 0 Å². The molecule has 1 nitrogen and oxygen atoms in total. The van der Waals surface area contributed by atoms with Gasteiger partial charge in [-0.1, -0.05) is 12.1 Å². The molecule has 0 spiro atoms. The van der Waals surface area contributed by atoms with E-state index in [9.17, 15) is 0 Å². The highest BCUT2D eigenvalue weighted by Gasteiger charge is 2.29. The standard InChI is InChI=1S/C10H12IN.ClH/c11-9-3-1-2-8(6-9)10(12)7-4-5-7;/h1-3,6-7,10H,4-5,12H2;1H/t10-;/m0./s1. The molecule has 0 aromatic heterocycles. The minimum atomic E-state index is 0. The molecule has 0 radical (unpaired) electrons. The van der Waals surface area contributed by atoms with Crippen LogP contribution in [-0.4, -0.2) is 0 Å². The van der Waals surface area contributed by atoms with E-state index in [0.29, 0.717) is 0 Å². The molecule has 1 saturated carbocycles. The van der Waals surface area contributed by atoms with Gasteiger partial charge in [0, 0.05) is 9.61 Å². The largest absolute Gasteiger partial charge is 0.324 e. The Morgan fingerprint density at radius 2 is 2.08 bits per heavy atom. The third-order valence-corrected chi connectivity index (χ3v) is 3.03. The second-order valence-electron chi connectivity index (χ2n) is 3.42. The fourth-order valence-electron chi connectivity index (χ4n) is 1.44. The summed E-state index contributed by atoms with van der Waals surface area (Å²) in [6, 6.07) is 8.78. The molecule has 0 heterocycles. The molecule has 1 aromatic carbocycles. The number of benzene rings is 1. The Hall–Kier alpha value is 0.200. The topological polar surface area (TPSA) is 26.0 Å². The molecule has 0 unspecified atom stereocenters. The van der Waals surface area contributed by atoms with Crippen LogP contribution < -0.4 is 5.73 Å². The minimum absolute atomic E-state index is 0. The first-order chi connectivity index (χ1) is 5.77. The molecule has 1 aliphatic carbocycles. The van der Waals surface area contributed by atoms with Crippen molar-refractivity contribution in [3.05, 3.63) is 33.4 Å². The molecule has 1 atom stereocenters. The van der Waals surface area contributed by atoms with E-state index in [2.05, 4.69) is 46.9 Å². The van der Waals surface area contributed by atoms with Gasteiger partial charge in [0.05, 0.1) is 0 Å². The number of halogens is 2. The molecule has 0 saturated heterocycles. The van der Waals surface area contributed by atoms with Gasteiger partial charge in [0.25, 0.3) is 0 Å². The third-order valence-electron chi connectivity index (χ3n) is 2.36. The van der Waals surface area contributed by atoms with Gasteiger partial charge in [-0.25, -0.2) is 0 Å². The lowest BCUT2D eigenvalue weighted by atomic mass is 10.0. The molecule has 1 fully saturated rings. The SMILES string of the molecule is Cl.N[C@H](c1cccc(I)c1)C1CC1. The first kappa shape index (κ1) is 11.3. The van der Waals surface area contributed by atoms with Crippen molar-refractivity contribution in [2.24, 2.45) is 11.7 Å². The molecule has 2 N–H and O–H groups in total. The lowest BCUT2D eigenvalue weighted by Gasteiger charge is -2.10. The monoisotopic (exact) mass is 309 g/mol.